The van der Waals surface area contributed by atoms with E-state index in [1.54, 1.807) is 6.07 Å². The maximum Gasteiger partial charge on any atom is 0.284 e. The van der Waals surface area contributed by atoms with Crippen LogP contribution in [0.25, 0.3) is 0 Å². The predicted octanol–water partition coefficient (Wildman–Crippen LogP) is 2.65. The van der Waals surface area contributed by atoms with Crippen LogP contribution < -0.4 is 0 Å². The first-order valence-electron chi connectivity index (χ1n) is 8.01. The van der Waals surface area contributed by atoms with Gasteiger partial charge in [-0.1, -0.05) is 12.8 Å². The first kappa shape index (κ1) is 17.7. The number of ether oxygens (including phenoxy) is 1. The number of thioether (sulfide) groups is 1. The molecule has 1 aliphatic heterocycles. The van der Waals surface area contributed by atoms with Gasteiger partial charge < -0.3 is 4.74 Å². The van der Waals surface area contributed by atoms with Crippen molar-refractivity contribution in [3.05, 3.63) is 28.3 Å². The monoisotopic (exact) mass is 372 g/mol. The second kappa shape index (κ2) is 7.38. The van der Waals surface area contributed by atoms with Gasteiger partial charge in [-0.2, -0.15) is 4.31 Å². The quantitative estimate of drug-likeness (QED) is 0.583. The van der Waals surface area contributed by atoms with Crippen LogP contribution in [0, 0.1) is 10.1 Å². The number of nitrogens with zero attached hydrogens (tertiary/aromatic N) is 2. The normalized spacial score (nSPS) is 20.3. The van der Waals surface area contributed by atoms with E-state index < -0.39 is 14.9 Å². The molecular formula is C15H20N2O5S2. The fourth-order valence-electron chi connectivity index (χ4n) is 3.02. The summed E-state index contributed by atoms with van der Waals surface area (Å²) < 4.78 is 31.8. The van der Waals surface area contributed by atoms with Crippen molar-refractivity contribution in [2.45, 2.75) is 40.7 Å². The summed E-state index contributed by atoms with van der Waals surface area (Å²) in [6, 6.07) is 4.26. The van der Waals surface area contributed by atoms with Crippen molar-refractivity contribution in [3.63, 3.8) is 0 Å². The fourth-order valence-corrected chi connectivity index (χ4v) is 5.78. The summed E-state index contributed by atoms with van der Waals surface area (Å²) in [6.07, 6.45) is 4.40. The summed E-state index contributed by atoms with van der Waals surface area (Å²) in [6.45, 7) is 1.23. The Morgan fingerprint density at radius 3 is 2.50 bits per heavy atom. The van der Waals surface area contributed by atoms with E-state index in [2.05, 4.69) is 0 Å². The lowest BCUT2D eigenvalue weighted by atomic mass is 10.3. The number of hydrogen-bond donors (Lipinski definition) is 0. The van der Waals surface area contributed by atoms with Crippen LogP contribution >= 0.6 is 11.8 Å². The molecule has 0 unspecified atom stereocenters. The molecule has 1 saturated heterocycles. The Hall–Kier alpha value is -1.16. The molecule has 0 atom stereocenters. The topological polar surface area (TPSA) is 89.8 Å². The Morgan fingerprint density at radius 1 is 1.21 bits per heavy atom. The van der Waals surface area contributed by atoms with Crippen molar-refractivity contribution in [1.29, 1.82) is 0 Å². The summed E-state index contributed by atoms with van der Waals surface area (Å²) in [5.41, 5.74) is -0.124. The third-order valence-electron chi connectivity index (χ3n) is 4.33. The number of nitro groups is 1. The molecule has 2 fully saturated rings. The molecular weight excluding hydrogens is 352 g/mol. The van der Waals surface area contributed by atoms with Crippen LogP contribution in [-0.2, 0) is 14.8 Å². The lowest BCUT2D eigenvalue weighted by molar-refractivity contribution is -0.388. The molecule has 0 N–H and O–H groups in total. The molecule has 0 bridgehead atoms. The van der Waals surface area contributed by atoms with E-state index in [9.17, 15) is 18.5 Å². The van der Waals surface area contributed by atoms with Crippen LogP contribution in [0.3, 0.4) is 0 Å². The zero-order valence-corrected chi connectivity index (χ0v) is 14.9. The number of rotatable bonds is 5. The van der Waals surface area contributed by atoms with Crippen molar-refractivity contribution in [3.8, 4) is 0 Å². The first-order chi connectivity index (χ1) is 11.5. The second-order valence-electron chi connectivity index (χ2n) is 5.93. The molecule has 2 aliphatic rings. The van der Waals surface area contributed by atoms with Gasteiger partial charge in [-0.05, 0) is 25.0 Å². The minimum atomic E-state index is -3.72. The average Bonchev–Trinajstić information content (AvgIpc) is 3.08. The van der Waals surface area contributed by atoms with Gasteiger partial charge in [-0.15, -0.1) is 11.8 Å². The number of morpholine rings is 1. The van der Waals surface area contributed by atoms with Crippen molar-refractivity contribution >= 4 is 27.5 Å². The summed E-state index contributed by atoms with van der Waals surface area (Å²) in [7, 11) is -3.72. The van der Waals surface area contributed by atoms with Gasteiger partial charge in [0.15, 0.2) is 0 Å². The van der Waals surface area contributed by atoms with Gasteiger partial charge in [-0.3, -0.25) is 10.1 Å². The third kappa shape index (κ3) is 3.74. The predicted molar refractivity (Wildman–Crippen MR) is 90.8 cm³/mol. The number of nitro benzene ring substituents is 1. The Morgan fingerprint density at radius 2 is 1.88 bits per heavy atom. The van der Waals surface area contributed by atoms with Crippen LogP contribution in [0.15, 0.2) is 28.0 Å². The van der Waals surface area contributed by atoms with Crippen molar-refractivity contribution in [2.24, 2.45) is 0 Å². The van der Waals surface area contributed by atoms with E-state index in [-0.39, 0.29) is 23.7 Å². The molecule has 1 aromatic carbocycles. The SMILES string of the molecule is O=[N+]([O-])c1cc(S(=O)(=O)N2CCOCC2)ccc1SC1CCCC1. The molecule has 0 spiro atoms. The minimum Gasteiger partial charge on any atom is -0.379 e. The van der Waals surface area contributed by atoms with E-state index in [0.29, 0.717) is 23.4 Å². The first-order valence-corrected chi connectivity index (χ1v) is 10.3. The van der Waals surface area contributed by atoms with Crippen LogP contribution in [0.4, 0.5) is 5.69 Å². The number of benzene rings is 1. The molecule has 3 rings (SSSR count). The highest BCUT2D eigenvalue weighted by molar-refractivity contribution is 8.00. The van der Waals surface area contributed by atoms with Gasteiger partial charge in [0.05, 0.1) is 27.9 Å². The van der Waals surface area contributed by atoms with Gasteiger partial charge >= 0.3 is 0 Å². The molecule has 0 radical (unpaired) electrons. The Kier molecular flexibility index (Phi) is 5.43. The Labute approximate surface area is 145 Å². The maximum absolute atomic E-state index is 12.7. The Bertz CT molecular complexity index is 711. The summed E-state index contributed by atoms with van der Waals surface area (Å²) in [5, 5.41) is 11.8. The van der Waals surface area contributed by atoms with Crippen molar-refractivity contribution < 1.29 is 18.1 Å². The van der Waals surface area contributed by atoms with E-state index in [1.807, 2.05) is 0 Å². The van der Waals surface area contributed by atoms with Crippen molar-refractivity contribution in [2.75, 3.05) is 26.3 Å². The summed E-state index contributed by atoms with van der Waals surface area (Å²) in [4.78, 5) is 11.5. The minimum absolute atomic E-state index is 0.0214. The molecule has 1 saturated carbocycles. The van der Waals surface area contributed by atoms with Crippen LogP contribution in [0.5, 0.6) is 0 Å². The van der Waals surface area contributed by atoms with Gasteiger partial charge in [0.2, 0.25) is 10.0 Å². The van der Waals surface area contributed by atoms with Crippen LogP contribution in [0.2, 0.25) is 0 Å². The zero-order valence-electron chi connectivity index (χ0n) is 13.2. The number of hydrogen-bond acceptors (Lipinski definition) is 6. The van der Waals surface area contributed by atoms with Crippen molar-refractivity contribution in [1.82, 2.24) is 4.31 Å². The number of sulfonamides is 1. The fraction of sp³-hybridized carbons (Fsp3) is 0.600. The molecule has 9 heteroatoms. The van der Waals surface area contributed by atoms with E-state index in [1.165, 1.54) is 28.2 Å². The van der Waals surface area contributed by atoms with E-state index in [4.69, 9.17) is 4.74 Å². The average molecular weight is 372 g/mol. The third-order valence-corrected chi connectivity index (χ3v) is 7.63. The Balaban J connectivity index is 1.89. The molecule has 132 valence electrons. The van der Waals surface area contributed by atoms with Gasteiger partial charge in [-0.25, -0.2) is 8.42 Å². The molecule has 1 heterocycles. The van der Waals surface area contributed by atoms with Crippen LogP contribution in [-0.4, -0.2) is 49.2 Å². The van der Waals surface area contributed by atoms with Gasteiger partial charge in [0.25, 0.3) is 5.69 Å². The summed E-state index contributed by atoms with van der Waals surface area (Å²) >= 11 is 1.49. The van der Waals surface area contributed by atoms with E-state index in [0.717, 1.165) is 25.7 Å². The van der Waals surface area contributed by atoms with E-state index >= 15 is 0 Å². The smallest absolute Gasteiger partial charge is 0.284 e. The molecule has 1 aromatic rings. The zero-order chi connectivity index (χ0) is 17.2. The molecule has 1 aliphatic carbocycles. The molecule has 0 aromatic heterocycles. The second-order valence-corrected chi connectivity index (χ2v) is 9.21. The van der Waals surface area contributed by atoms with Gasteiger partial charge in [0, 0.05) is 24.4 Å². The standard InChI is InChI=1S/C15H20N2O5S2/c18-17(19)14-11-13(24(20,21)16-7-9-22-10-8-16)5-6-15(14)23-12-3-1-2-4-12/h5-6,11-12H,1-4,7-10H2. The van der Waals surface area contributed by atoms with Crippen LogP contribution in [0.1, 0.15) is 25.7 Å². The lowest BCUT2D eigenvalue weighted by Crippen LogP contribution is -2.40. The highest BCUT2D eigenvalue weighted by atomic mass is 32.2. The van der Waals surface area contributed by atoms with Gasteiger partial charge in [0.1, 0.15) is 0 Å². The molecule has 0 amide bonds. The highest BCUT2D eigenvalue weighted by Gasteiger charge is 2.29. The highest BCUT2D eigenvalue weighted by Crippen LogP contribution is 2.40. The maximum atomic E-state index is 12.7. The molecule has 24 heavy (non-hydrogen) atoms. The summed E-state index contributed by atoms with van der Waals surface area (Å²) in [5.74, 6) is 0. The lowest BCUT2D eigenvalue weighted by Gasteiger charge is -2.26. The molecule has 7 nitrogen and oxygen atoms in total. The largest absolute Gasteiger partial charge is 0.379 e.